The second-order valence-electron chi connectivity index (χ2n) is 33.9. The van der Waals surface area contributed by atoms with Gasteiger partial charge in [-0.2, -0.15) is 0 Å². The summed E-state index contributed by atoms with van der Waals surface area (Å²) in [5.74, 6) is 5.89. The standard InChI is InChI=1S/C45H29N3.C41H25N3.C39H25N3/c1-3-9-30(10-4-1)32-15-19-35(20-16-32)43-46-44(36-21-17-33(18-22-36)31-11-5-2-6-12-31)48-45(47-43)38-25-26-40-37(29-38)24-28-41-39-14-8-7-13-34(39)23-27-42(40)41;1-3-10-29-23-32(15-13-26(29)7-1)39-42-40(33-16-14-27-8-2-4-11-30(27)24-33)44-41(43-39)34-19-20-36-31(25-34)18-22-37-35-12-6-5-9-28(35)17-21-38(36)37;1-3-9-26(10-4-1)27-15-17-30(18-16-27)38-40-37(29-12-5-2-6-13-29)41-39(42-38)32-21-22-34-31(25-32)20-24-35-33-14-8-7-11-28(33)19-23-36(34)35/h1-29H;1-25H;1-25H. The summed E-state index contributed by atoms with van der Waals surface area (Å²) in [5, 5.41) is 26.9. The van der Waals surface area contributed by atoms with Crippen LogP contribution in [0.3, 0.4) is 0 Å². The highest BCUT2D eigenvalue weighted by atomic mass is 15.1. The van der Waals surface area contributed by atoms with E-state index in [1.807, 2.05) is 48.5 Å². The fourth-order valence-electron chi connectivity index (χ4n) is 18.8. The zero-order chi connectivity index (χ0) is 88.8. The topological polar surface area (TPSA) is 116 Å². The molecular formula is C125H79N9. The molecule has 0 aliphatic carbocycles. The number of hydrogen-bond acceptors (Lipinski definition) is 9. The maximum Gasteiger partial charge on any atom is 0.164 e. The van der Waals surface area contributed by atoms with E-state index in [2.05, 4.69) is 431 Å². The summed E-state index contributed by atoms with van der Waals surface area (Å²) in [6.45, 7) is 0. The van der Waals surface area contributed by atoms with E-state index >= 15 is 0 Å². The van der Waals surface area contributed by atoms with Crippen LogP contribution >= 0.6 is 0 Å². The van der Waals surface area contributed by atoms with Crippen molar-refractivity contribution in [1.82, 2.24) is 44.9 Å². The van der Waals surface area contributed by atoms with Crippen molar-refractivity contribution in [1.29, 1.82) is 0 Å². The predicted molar refractivity (Wildman–Crippen MR) is 557 cm³/mol. The Hall–Kier alpha value is -18.1. The minimum atomic E-state index is 0.645. The Morgan fingerprint density at radius 2 is 0.231 bits per heavy atom. The first kappa shape index (κ1) is 79.4. The molecule has 26 rings (SSSR count). The summed E-state index contributed by atoms with van der Waals surface area (Å²) in [7, 11) is 0. The highest BCUT2D eigenvalue weighted by Crippen LogP contribution is 2.41. The summed E-state index contributed by atoms with van der Waals surface area (Å²) >= 11 is 0. The van der Waals surface area contributed by atoms with E-state index in [1.165, 1.54) is 108 Å². The van der Waals surface area contributed by atoms with E-state index in [-0.39, 0.29) is 0 Å². The van der Waals surface area contributed by atoms with Crippen molar-refractivity contribution in [3.05, 3.63) is 479 Å². The molecule has 0 amide bonds. The van der Waals surface area contributed by atoms with Gasteiger partial charge in [0.25, 0.3) is 0 Å². The highest BCUT2D eigenvalue weighted by Gasteiger charge is 2.21. The maximum atomic E-state index is 5.06. The minimum absolute atomic E-state index is 0.645. The molecule has 624 valence electrons. The molecule has 0 atom stereocenters. The van der Waals surface area contributed by atoms with Crippen molar-refractivity contribution in [2.45, 2.75) is 0 Å². The van der Waals surface area contributed by atoms with Crippen LogP contribution in [0.2, 0.25) is 0 Å². The second kappa shape index (κ2) is 34.5. The van der Waals surface area contributed by atoms with Crippen LogP contribution in [-0.4, -0.2) is 44.9 Å². The third-order valence-corrected chi connectivity index (χ3v) is 25.7. The van der Waals surface area contributed by atoms with Crippen LogP contribution in [0.4, 0.5) is 0 Å². The van der Waals surface area contributed by atoms with Crippen molar-refractivity contribution in [3.63, 3.8) is 0 Å². The van der Waals surface area contributed by atoms with Gasteiger partial charge in [0.2, 0.25) is 0 Å². The molecule has 134 heavy (non-hydrogen) atoms. The van der Waals surface area contributed by atoms with Crippen LogP contribution in [0.1, 0.15) is 0 Å². The molecule has 0 saturated carbocycles. The summed E-state index contributed by atoms with van der Waals surface area (Å²) in [5.41, 5.74) is 15.6. The van der Waals surface area contributed by atoms with Crippen LogP contribution in [0, 0.1) is 0 Å². The molecule has 9 nitrogen and oxygen atoms in total. The molecule has 0 N–H and O–H groups in total. The zero-order valence-corrected chi connectivity index (χ0v) is 72.6. The van der Waals surface area contributed by atoms with Gasteiger partial charge >= 0.3 is 0 Å². The molecule has 0 aliphatic heterocycles. The predicted octanol–water partition coefficient (Wildman–Crippen LogP) is 32.3. The minimum Gasteiger partial charge on any atom is -0.208 e. The lowest BCUT2D eigenvalue weighted by molar-refractivity contribution is 1.07. The van der Waals surface area contributed by atoms with Gasteiger partial charge in [-0.05, 0) is 182 Å². The Bertz CT molecular complexity index is 8830. The summed E-state index contributed by atoms with van der Waals surface area (Å²) in [6.07, 6.45) is 0. The van der Waals surface area contributed by atoms with Gasteiger partial charge in [0.1, 0.15) is 0 Å². The molecule has 3 aromatic heterocycles. The third kappa shape index (κ3) is 15.5. The van der Waals surface area contributed by atoms with E-state index in [0.717, 1.165) is 93.7 Å². The van der Waals surface area contributed by atoms with E-state index in [4.69, 9.17) is 44.9 Å². The van der Waals surface area contributed by atoms with Crippen molar-refractivity contribution < 1.29 is 0 Å². The molecule has 0 saturated heterocycles. The van der Waals surface area contributed by atoms with E-state index < -0.39 is 0 Å². The van der Waals surface area contributed by atoms with Gasteiger partial charge in [-0.15, -0.1) is 0 Å². The Morgan fingerprint density at radius 3 is 0.500 bits per heavy atom. The van der Waals surface area contributed by atoms with Crippen molar-refractivity contribution in [2.24, 2.45) is 0 Å². The first-order valence-corrected chi connectivity index (χ1v) is 45.2. The molecule has 9 heteroatoms. The molecule has 0 unspecified atom stereocenters. The number of rotatable bonds is 12. The largest absolute Gasteiger partial charge is 0.208 e. The summed E-state index contributed by atoms with van der Waals surface area (Å²) in [4.78, 5) is 45.1. The molecule has 0 spiro atoms. The lowest BCUT2D eigenvalue weighted by Gasteiger charge is -2.11. The van der Waals surface area contributed by atoms with Crippen LogP contribution in [0.15, 0.2) is 479 Å². The smallest absolute Gasteiger partial charge is 0.164 e. The van der Waals surface area contributed by atoms with Crippen molar-refractivity contribution >= 4 is 118 Å². The molecular weight excluding hydrogens is 1630 g/mol. The molecule has 0 radical (unpaired) electrons. The van der Waals surface area contributed by atoms with Gasteiger partial charge in [0.15, 0.2) is 52.4 Å². The lowest BCUT2D eigenvalue weighted by Crippen LogP contribution is -2.00. The van der Waals surface area contributed by atoms with Crippen LogP contribution in [-0.2, 0) is 0 Å². The molecule has 23 aromatic carbocycles. The van der Waals surface area contributed by atoms with E-state index in [0.29, 0.717) is 52.4 Å². The highest BCUT2D eigenvalue weighted by molar-refractivity contribution is 6.20. The Morgan fingerprint density at radius 1 is 0.0821 bits per heavy atom. The summed E-state index contributed by atoms with van der Waals surface area (Å²) < 4.78 is 0. The molecule has 0 aliphatic rings. The number of hydrogen-bond donors (Lipinski definition) is 0. The number of benzene rings is 23. The van der Waals surface area contributed by atoms with Crippen molar-refractivity contribution in [3.8, 4) is 136 Å². The SMILES string of the molecule is c1ccc(-c2ccc(-c3nc(-c4ccc(-c5ccccc5)cc4)nc(-c4ccc5c(ccc6c7ccccc7ccc56)c4)n3)cc2)cc1.c1ccc(-c2ccc(-c3nc(-c4ccccc4)nc(-c4ccc5c(ccc6c7ccccc7ccc56)c4)n3)cc2)cc1.c1ccc2cc(-c3nc(-c4ccc5ccccc5c4)nc(-c4ccc5c(ccc6c7ccccc7ccc56)c4)n3)ccc2c1. The van der Waals surface area contributed by atoms with Crippen molar-refractivity contribution in [2.75, 3.05) is 0 Å². The van der Waals surface area contributed by atoms with E-state index in [1.54, 1.807) is 0 Å². The Labute approximate surface area is 773 Å². The summed E-state index contributed by atoms with van der Waals surface area (Å²) in [6, 6.07) is 168. The first-order valence-electron chi connectivity index (χ1n) is 45.2. The zero-order valence-electron chi connectivity index (χ0n) is 72.6. The van der Waals surface area contributed by atoms with Gasteiger partial charge in [-0.25, -0.2) is 44.9 Å². The van der Waals surface area contributed by atoms with Gasteiger partial charge < -0.3 is 0 Å². The second-order valence-corrected chi connectivity index (χ2v) is 33.9. The Balaban J connectivity index is 0.000000111. The number of aromatic nitrogens is 9. The third-order valence-electron chi connectivity index (χ3n) is 25.7. The molecule has 26 aromatic rings. The quantitative estimate of drug-likeness (QED) is 0.110. The van der Waals surface area contributed by atoms with E-state index in [9.17, 15) is 0 Å². The van der Waals surface area contributed by atoms with Crippen LogP contribution < -0.4 is 0 Å². The molecule has 0 bridgehead atoms. The fraction of sp³-hybridized carbons (Fsp3) is 0. The average molecular weight is 1710 g/mol. The average Bonchev–Trinajstić information content (AvgIpc) is 0.760. The monoisotopic (exact) mass is 1710 g/mol. The number of nitrogens with zero attached hydrogens (tertiary/aromatic N) is 9. The van der Waals surface area contributed by atoms with Crippen LogP contribution in [0.25, 0.3) is 254 Å². The van der Waals surface area contributed by atoms with Crippen LogP contribution in [0.5, 0.6) is 0 Å². The normalized spacial score (nSPS) is 11.4. The van der Waals surface area contributed by atoms with Gasteiger partial charge in [0.05, 0.1) is 0 Å². The van der Waals surface area contributed by atoms with Gasteiger partial charge in [-0.1, -0.05) is 449 Å². The maximum absolute atomic E-state index is 5.06. The Kier molecular flexibility index (Phi) is 20.4. The lowest BCUT2D eigenvalue weighted by atomic mass is 9.96. The molecule has 0 fully saturated rings. The molecule has 3 heterocycles. The van der Waals surface area contributed by atoms with Gasteiger partial charge in [0, 0.05) is 50.1 Å². The number of fused-ring (bicyclic) bond motifs is 17. The first-order chi connectivity index (χ1) is 66.3. The fourth-order valence-corrected chi connectivity index (χ4v) is 18.8. The van der Waals surface area contributed by atoms with Gasteiger partial charge in [-0.3, -0.25) is 0 Å².